The number of carboxylic acid groups (broad SMARTS) is 1. The lowest BCUT2D eigenvalue weighted by atomic mass is 10.1. The van der Waals surface area contributed by atoms with Crippen LogP contribution < -0.4 is 0 Å². The van der Waals surface area contributed by atoms with Crippen molar-refractivity contribution < 1.29 is 14.6 Å². The van der Waals surface area contributed by atoms with E-state index in [1.165, 1.54) is 0 Å². The number of hydrogen-bond acceptors (Lipinski definition) is 3. The van der Waals surface area contributed by atoms with Gasteiger partial charge in [-0.25, -0.2) is 9.78 Å². The fourth-order valence-corrected chi connectivity index (χ4v) is 3.96. The van der Waals surface area contributed by atoms with Gasteiger partial charge in [0.1, 0.15) is 18.2 Å². The van der Waals surface area contributed by atoms with Gasteiger partial charge >= 0.3 is 5.97 Å². The minimum Gasteiger partial charge on any atom is -0.477 e. The molecule has 0 aliphatic heterocycles. The molecule has 3 aromatic rings. The van der Waals surface area contributed by atoms with E-state index < -0.39 is 14.0 Å². The van der Waals surface area contributed by atoms with E-state index in [1.807, 2.05) is 36.4 Å². The van der Waals surface area contributed by atoms with Crippen LogP contribution >= 0.6 is 11.6 Å². The SMILES string of the molecule is C[Si](C)(C)CCOCn1c(-c2ccccc2)nc(-c2ccccc2Cl)c1C(=O)O. The molecule has 1 N–H and O–H groups in total. The predicted octanol–water partition coefficient (Wildman–Crippen LogP) is 5.88. The van der Waals surface area contributed by atoms with Gasteiger partial charge in [-0.15, -0.1) is 0 Å². The van der Waals surface area contributed by atoms with E-state index in [9.17, 15) is 9.90 Å². The first-order chi connectivity index (χ1) is 13.8. The van der Waals surface area contributed by atoms with Crippen molar-refractivity contribution >= 4 is 25.6 Å². The summed E-state index contributed by atoms with van der Waals surface area (Å²) in [5, 5.41) is 10.4. The highest BCUT2D eigenvalue weighted by Gasteiger charge is 2.26. The van der Waals surface area contributed by atoms with Gasteiger partial charge in [0.15, 0.2) is 5.69 Å². The van der Waals surface area contributed by atoms with Gasteiger partial charge in [-0.3, -0.25) is 4.57 Å². The Morgan fingerprint density at radius 2 is 1.76 bits per heavy atom. The Balaban J connectivity index is 2.08. The van der Waals surface area contributed by atoms with E-state index in [1.54, 1.807) is 22.8 Å². The van der Waals surface area contributed by atoms with E-state index in [-0.39, 0.29) is 12.4 Å². The average molecular weight is 429 g/mol. The summed E-state index contributed by atoms with van der Waals surface area (Å²) in [6.45, 7) is 7.54. The van der Waals surface area contributed by atoms with Gasteiger partial charge in [-0.1, -0.05) is 79.8 Å². The number of halogens is 1. The van der Waals surface area contributed by atoms with Crippen molar-refractivity contribution in [3.05, 3.63) is 65.3 Å². The van der Waals surface area contributed by atoms with Crippen LogP contribution in [0.1, 0.15) is 10.5 Å². The van der Waals surface area contributed by atoms with Crippen molar-refractivity contribution in [2.75, 3.05) is 6.61 Å². The summed E-state index contributed by atoms with van der Waals surface area (Å²) in [6, 6.07) is 17.7. The zero-order chi connectivity index (χ0) is 21.0. The molecule has 0 fully saturated rings. The summed E-state index contributed by atoms with van der Waals surface area (Å²) in [5.41, 5.74) is 1.83. The van der Waals surface area contributed by atoms with Crippen molar-refractivity contribution in [2.24, 2.45) is 0 Å². The molecule has 3 rings (SSSR count). The first-order valence-electron chi connectivity index (χ1n) is 9.50. The fourth-order valence-electron chi connectivity index (χ4n) is 2.98. The monoisotopic (exact) mass is 428 g/mol. The van der Waals surface area contributed by atoms with Crippen LogP contribution in [-0.2, 0) is 11.5 Å². The zero-order valence-electron chi connectivity index (χ0n) is 16.9. The molecule has 29 heavy (non-hydrogen) atoms. The Morgan fingerprint density at radius 1 is 1.10 bits per heavy atom. The molecular formula is C22H25ClN2O3Si. The molecule has 1 heterocycles. The fraction of sp³-hybridized carbons (Fsp3) is 0.273. The van der Waals surface area contributed by atoms with E-state index in [4.69, 9.17) is 16.3 Å². The van der Waals surface area contributed by atoms with Gasteiger partial charge in [-0.05, 0) is 12.1 Å². The van der Waals surface area contributed by atoms with Crippen LogP contribution in [0.5, 0.6) is 0 Å². The largest absolute Gasteiger partial charge is 0.477 e. The maximum absolute atomic E-state index is 12.2. The lowest BCUT2D eigenvalue weighted by Gasteiger charge is -2.16. The quantitative estimate of drug-likeness (QED) is 0.359. The molecule has 0 radical (unpaired) electrons. The number of carbonyl (C=O) groups is 1. The molecule has 0 saturated heterocycles. The Hall–Kier alpha value is -2.41. The number of aromatic nitrogens is 2. The summed E-state index contributed by atoms with van der Waals surface area (Å²) in [7, 11) is -1.25. The highest BCUT2D eigenvalue weighted by molar-refractivity contribution is 6.76. The smallest absolute Gasteiger partial charge is 0.354 e. The second-order valence-corrected chi connectivity index (χ2v) is 14.1. The molecule has 0 aliphatic rings. The predicted molar refractivity (Wildman–Crippen MR) is 119 cm³/mol. The molecule has 7 heteroatoms. The van der Waals surface area contributed by atoms with Gasteiger partial charge in [0.05, 0.1) is 5.02 Å². The molecule has 0 saturated carbocycles. The molecule has 2 aromatic carbocycles. The second kappa shape index (κ2) is 8.94. The van der Waals surface area contributed by atoms with Crippen molar-refractivity contribution in [3.8, 4) is 22.6 Å². The Labute approximate surface area is 176 Å². The molecule has 0 amide bonds. The summed E-state index contributed by atoms with van der Waals surface area (Å²) < 4.78 is 7.52. The van der Waals surface area contributed by atoms with Crippen LogP contribution in [0.4, 0.5) is 0 Å². The molecule has 1 aromatic heterocycles. The highest BCUT2D eigenvalue weighted by atomic mass is 35.5. The topological polar surface area (TPSA) is 64.4 Å². The van der Waals surface area contributed by atoms with E-state index in [0.29, 0.717) is 28.7 Å². The zero-order valence-corrected chi connectivity index (χ0v) is 18.6. The Morgan fingerprint density at radius 3 is 2.38 bits per heavy atom. The third kappa shape index (κ3) is 5.15. The number of ether oxygens (including phenoxy) is 1. The van der Waals surface area contributed by atoms with Crippen LogP contribution in [0, 0.1) is 0 Å². The Kier molecular flexibility index (Phi) is 6.57. The van der Waals surface area contributed by atoms with Gasteiger partial charge < -0.3 is 9.84 Å². The summed E-state index contributed by atoms with van der Waals surface area (Å²) in [4.78, 5) is 16.9. The Bertz CT molecular complexity index is 997. The third-order valence-electron chi connectivity index (χ3n) is 4.55. The van der Waals surface area contributed by atoms with Gasteiger partial charge in [0.25, 0.3) is 0 Å². The first kappa shape index (κ1) is 21.3. The minimum absolute atomic E-state index is 0.0740. The van der Waals surface area contributed by atoms with Gasteiger partial charge in [-0.2, -0.15) is 0 Å². The molecule has 0 unspecified atom stereocenters. The molecule has 0 spiro atoms. The lowest BCUT2D eigenvalue weighted by molar-refractivity contribution is 0.0627. The van der Waals surface area contributed by atoms with E-state index >= 15 is 0 Å². The van der Waals surface area contributed by atoms with E-state index in [2.05, 4.69) is 24.6 Å². The summed E-state index contributed by atoms with van der Waals surface area (Å²) >= 11 is 6.35. The molecular weight excluding hydrogens is 404 g/mol. The van der Waals surface area contributed by atoms with E-state index in [0.717, 1.165) is 11.6 Å². The molecule has 152 valence electrons. The molecule has 0 bridgehead atoms. The van der Waals surface area contributed by atoms with Crippen molar-refractivity contribution in [1.82, 2.24) is 9.55 Å². The number of imidazole rings is 1. The van der Waals surface area contributed by atoms with Crippen LogP contribution in [0.15, 0.2) is 54.6 Å². The molecule has 5 nitrogen and oxygen atoms in total. The van der Waals surface area contributed by atoms with Crippen molar-refractivity contribution in [3.63, 3.8) is 0 Å². The number of benzene rings is 2. The van der Waals surface area contributed by atoms with Gasteiger partial charge in [0, 0.05) is 25.8 Å². The average Bonchev–Trinajstić information content (AvgIpc) is 3.05. The standard InChI is InChI=1S/C22H25ClN2O3Si/c1-29(2,3)14-13-28-15-25-20(22(26)27)19(17-11-7-8-12-18(17)23)24-21(25)16-9-5-4-6-10-16/h4-12H,13-15H2,1-3H3,(H,26,27). The number of hydrogen-bond donors (Lipinski definition) is 1. The normalized spacial score (nSPS) is 11.6. The van der Waals surface area contributed by atoms with Gasteiger partial charge in [0.2, 0.25) is 0 Å². The number of aromatic carboxylic acids is 1. The first-order valence-corrected chi connectivity index (χ1v) is 13.6. The lowest BCUT2D eigenvalue weighted by Crippen LogP contribution is -2.22. The molecule has 0 atom stereocenters. The van der Waals surface area contributed by atoms with Crippen LogP contribution in [-0.4, -0.2) is 35.3 Å². The van der Waals surface area contributed by atoms with Crippen LogP contribution in [0.3, 0.4) is 0 Å². The maximum atomic E-state index is 12.2. The number of rotatable bonds is 8. The molecule has 0 aliphatic carbocycles. The van der Waals surface area contributed by atoms with Crippen molar-refractivity contribution in [2.45, 2.75) is 32.4 Å². The van der Waals surface area contributed by atoms with Crippen molar-refractivity contribution in [1.29, 1.82) is 0 Å². The summed E-state index contributed by atoms with van der Waals surface area (Å²) in [6.07, 6.45) is 0. The number of carboxylic acids is 1. The minimum atomic E-state index is -1.25. The second-order valence-electron chi connectivity index (χ2n) is 8.06. The maximum Gasteiger partial charge on any atom is 0.354 e. The highest BCUT2D eigenvalue weighted by Crippen LogP contribution is 2.33. The third-order valence-corrected chi connectivity index (χ3v) is 6.58. The van der Waals surface area contributed by atoms with Crippen LogP contribution in [0.2, 0.25) is 30.7 Å². The van der Waals surface area contributed by atoms with Crippen LogP contribution in [0.25, 0.3) is 22.6 Å². The summed E-state index contributed by atoms with van der Waals surface area (Å²) in [5.74, 6) is -0.519. The number of nitrogens with zero attached hydrogens (tertiary/aromatic N) is 2.